The van der Waals surface area contributed by atoms with Gasteiger partial charge >= 0.3 is 0 Å². The Morgan fingerprint density at radius 1 is 1.04 bits per heavy atom. The van der Waals surface area contributed by atoms with Crippen LogP contribution in [-0.4, -0.2) is 56.8 Å². The van der Waals surface area contributed by atoms with Crippen LogP contribution in [0.3, 0.4) is 0 Å². The van der Waals surface area contributed by atoms with Gasteiger partial charge in [0.15, 0.2) is 0 Å². The number of amides is 1. The van der Waals surface area contributed by atoms with E-state index in [4.69, 9.17) is 4.74 Å². The molecule has 0 bridgehead atoms. The van der Waals surface area contributed by atoms with E-state index in [2.05, 4.69) is 0 Å². The minimum atomic E-state index is -3.57. The molecule has 3 rings (SSSR count). The maximum atomic E-state index is 13.1. The molecule has 0 aromatic heterocycles. The van der Waals surface area contributed by atoms with Gasteiger partial charge in [0.2, 0.25) is 10.0 Å². The van der Waals surface area contributed by atoms with Crippen LogP contribution in [0, 0.1) is 13.8 Å². The average Bonchev–Trinajstić information content (AvgIpc) is 2.70. The first kappa shape index (κ1) is 20.5. The third kappa shape index (κ3) is 4.11. The Balaban J connectivity index is 1.74. The highest BCUT2D eigenvalue weighted by molar-refractivity contribution is 7.89. The number of rotatable bonds is 5. The van der Waals surface area contributed by atoms with Crippen LogP contribution in [0.4, 0.5) is 0 Å². The topological polar surface area (TPSA) is 66.9 Å². The molecule has 0 aliphatic carbocycles. The SMILES string of the molecule is COCc1ccccc1C(=O)N1CCN(S(=O)(=O)c2cc(C)ccc2C)CC1. The molecule has 0 radical (unpaired) electrons. The molecule has 2 aromatic rings. The first-order chi connectivity index (χ1) is 13.3. The van der Waals surface area contributed by atoms with Crippen molar-refractivity contribution in [3.05, 3.63) is 64.7 Å². The fourth-order valence-corrected chi connectivity index (χ4v) is 5.17. The maximum absolute atomic E-state index is 13.1. The minimum absolute atomic E-state index is 0.0866. The molecule has 1 heterocycles. The van der Waals surface area contributed by atoms with Gasteiger partial charge in [0, 0.05) is 38.9 Å². The van der Waals surface area contributed by atoms with Crippen molar-refractivity contribution in [2.45, 2.75) is 25.3 Å². The fraction of sp³-hybridized carbons (Fsp3) is 0.381. The lowest BCUT2D eigenvalue weighted by Crippen LogP contribution is -2.50. The number of benzene rings is 2. The predicted octanol–water partition coefficient (Wildman–Crippen LogP) is 2.60. The highest BCUT2D eigenvalue weighted by Gasteiger charge is 2.31. The Labute approximate surface area is 166 Å². The number of hydrogen-bond acceptors (Lipinski definition) is 4. The molecule has 0 spiro atoms. The van der Waals surface area contributed by atoms with E-state index < -0.39 is 10.0 Å². The number of hydrogen-bond donors (Lipinski definition) is 0. The number of sulfonamides is 1. The summed E-state index contributed by atoms with van der Waals surface area (Å²) in [4.78, 5) is 15.0. The Kier molecular flexibility index (Phi) is 6.17. The van der Waals surface area contributed by atoms with Gasteiger partial charge in [-0.25, -0.2) is 8.42 Å². The lowest BCUT2D eigenvalue weighted by atomic mass is 10.1. The molecule has 0 saturated carbocycles. The quantitative estimate of drug-likeness (QED) is 0.771. The number of nitrogens with zero attached hydrogens (tertiary/aromatic N) is 2. The van der Waals surface area contributed by atoms with Gasteiger partial charge in [0.1, 0.15) is 0 Å². The van der Waals surface area contributed by atoms with Gasteiger partial charge in [-0.1, -0.05) is 30.3 Å². The van der Waals surface area contributed by atoms with Crippen LogP contribution in [0.15, 0.2) is 47.4 Å². The number of carbonyl (C=O) groups is 1. The Morgan fingerprint density at radius 2 is 1.71 bits per heavy atom. The molecule has 0 unspecified atom stereocenters. The number of methoxy groups -OCH3 is 1. The molecule has 1 amide bonds. The van der Waals surface area contributed by atoms with Crippen LogP contribution < -0.4 is 0 Å². The van der Waals surface area contributed by atoms with Crippen LogP contribution in [0.25, 0.3) is 0 Å². The molecule has 1 aliphatic heterocycles. The van der Waals surface area contributed by atoms with Crippen molar-refractivity contribution in [3.8, 4) is 0 Å². The Bertz CT molecular complexity index is 964. The first-order valence-electron chi connectivity index (χ1n) is 9.28. The highest BCUT2D eigenvalue weighted by Crippen LogP contribution is 2.23. The Hall–Kier alpha value is -2.22. The van der Waals surface area contributed by atoms with Crippen molar-refractivity contribution >= 4 is 15.9 Å². The predicted molar refractivity (Wildman–Crippen MR) is 108 cm³/mol. The smallest absolute Gasteiger partial charge is 0.254 e. The van der Waals surface area contributed by atoms with E-state index in [-0.39, 0.29) is 19.0 Å². The summed E-state index contributed by atoms with van der Waals surface area (Å²) in [5.74, 6) is -0.0866. The number of ether oxygens (including phenoxy) is 1. The summed E-state index contributed by atoms with van der Waals surface area (Å²) < 4.78 is 32.8. The zero-order chi connectivity index (χ0) is 20.3. The fourth-order valence-electron chi connectivity index (χ4n) is 3.44. The lowest BCUT2D eigenvalue weighted by molar-refractivity contribution is 0.0693. The van der Waals surface area contributed by atoms with Crippen LogP contribution in [0.2, 0.25) is 0 Å². The van der Waals surface area contributed by atoms with E-state index in [9.17, 15) is 13.2 Å². The van der Waals surface area contributed by atoms with Gasteiger partial charge in [-0.3, -0.25) is 4.79 Å². The van der Waals surface area contributed by atoms with Crippen molar-refractivity contribution in [1.82, 2.24) is 9.21 Å². The van der Waals surface area contributed by atoms with Crippen molar-refractivity contribution in [2.24, 2.45) is 0 Å². The van der Waals surface area contributed by atoms with Crippen LogP contribution in [0.1, 0.15) is 27.0 Å². The molecule has 0 atom stereocenters. The van der Waals surface area contributed by atoms with Crippen molar-refractivity contribution in [3.63, 3.8) is 0 Å². The summed E-state index contributed by atoms with van der Waals surface area (Å²) >= 11 is 0. The average molecular weight is 403 g/mol. The van der Waals surface area contributed by atoms with Gasteiger partial charge in [0.05, 0.1) is 11.5 Å². The molecular weight excluding hydrogens is 376 g/mol. The maximum Gasteiger partial charge on any atom is 0.254 e. The van der Waals surface area contributed by atoms with Crippen LogP contribution in [-0.2, 0) is 21.4 Å². The van der Waals surface area contributed by atoms with Gasteiger partial charge in [-0.05, 0) is 42.7 Å². The van der Waals surface area contributed by atoms with E-state index in [1.54, 1.807) is 31.1 Å². The standard InChI is InChI=1S/C21H26N2O4S/c1-16-8-9-17(2)20(14-16)28(25,26)23-12-10-22(11-13-23)21(24)19-7-5-4-6-18(19)15-27-3/h4-9,14H,10-13,15H2,1-3H3. The second-order valence-electron chi connectivity index (χ2n) is 7.06. The number of carbonyl (C=O) groups excluding carboxylic acids is 1. The van der Waals surface area contributed by atoms with Gasteiger partial charge in [-0.15, -0.1) is 0 Å². The first-order valence-corrected chi connectivity index (χ1v) is 10.7. The zero-order valence-corrected chi connectivity index (χ0v) is 17.3. The van der Waals surface area contributed by atoms with E-state index in [1.165, 1.54) is 4.31 Å². The summed E-state index contributed by atoms with van der Waals surface area (Å²) in [6.45, 7) is 5.35. The number of piperazine rings is 1. The van der Waals surface area contributed by atoms with Gasteiger partial charge in [-0.2, -0.15) is 4.31 Å². The summed E-state index contributed by atoms with van der Waals surface area (Å²) in [7, 11) is -1.97. The molecule has 6 nitrogen and oxygen atoms in total. The van der Waals surface area contributed by atoms with E-state index in [1.807, 2.05) is 37.3 Å². The molecule has 2 aromatic carbocycles. The summed E-state index contributed by atoms with van der Waals surface area (Å²) in [6.07, 6.45) is 0. The molecule has 1 aliphatic rings. The molecular formula is C21H26N2O4S. The van der Waals surface area contributed by atoms with E-state index in [0.29, 0.717) is 30.2 Å². The van der Waals surface area contributed by atoms with Gasteiger partial charge < -0.3 is 9.64 Å². The second-order valence-corrected chi connectivity index (χ2v) is 8.96. The zero-order valence-electron chi connectivity index (χ0n) is 16.5. The van der Waals surface area contributed by atoms with Gasteiger partial charge in [0.25, 0.3) is 5.91 Å². The summed E-state index contributed by atoms with van der Waals surface area (Å²) in [5.41, 5.74) is 3.08. The summed E-state index contributed by atoms with van der Waals surface area (Å²) in [5, 5.41) is 0. The molecule has 1 saturated heterocycles. The van der Waals surface area contributed by atoms with Crippen LogP contribution >= 0.6 is 0 Å². The molecule has 150 valence electrons. The van der Waals surface area contributed by atoms with Crippen molar-refractivity contribution in [1.29, 1.82) is 0 Å². The monoisotopic (exact) mass is 402 g/mol. The third-order valence-corrected chi connectivity index (χ3v) is 7.08. The highest BCUT2D eigenvalue weighted by atomic mass is 32.2. The summed E-state index contributed by atoms with van der Waals surface area (Å²) in [6, 6.07) is 12.8. The molecule has 0 N–H and O–H groups in total. The van der Waals surface area contributed by atoms with Crippen molar-refractivity contribution in [2.75, 3.05) is 33.3 Å². The largest absolute Gasteiger partial charge is 0.380 e. The molecule has 28 heavy (non-hydrogen) atoms. The van der Waals surface area contributed by atoms with E-state index in [0.717, 1.165) is 16.7 Å². The second kappa shape index (κ2) is 8.43. The minimum Gasteiger partial charge on any atom is -0.380 e. The normalized spacial score (nSPS) is 15.6. The number of aryl methyl sites for hydroxylation is 2. The Morgan fingerprint density at radius 3 is 2.39 bits per heavy atom. The third-order valence-electron chi connectivity index (χ3n) is 5.03. The molecule has 7 heteroatoms. The van der Waals surface area contributed by atoms with Crippen LogP contribution in [0.5, 0.6) is 0 Å². The lowest BCUT2D eigenvalue weighted by Gasteiger charge is -2.34. The van der Waals surface area contributed by atoms with E-state index >= 15 is 0 Å². The van der Waals surface area contributed by atoms with Crippen molar-refractivity contribution < 1.29 is 17.9 Å². The molecule has 1 fully saturated rings.